The van der Waals surface area contributed by atoms with Gasteiger partial charge in [0.15, 0.2) is 0 Å². The number of hydrogen-bond acceptors (Lipinski definition) is 4. The second-order valence-corrected chi connectivity index (χ2v) is 6.35. The van der Waals surface area contributed by atoms with Crippen LogP contribution in [-0.4, -0.2) is 30.3 Å². The van der Waals surface area contributed by atoms with Gasteiger partial charge in [0.05, 0.1) is 25.6 Å². The highest BCUT2D eigenvalue weighted by Gasteiger charge is 2.21. The molecular weight excluding hydrogens is 380 g/mol. The first-order valence-electron chi connectivity index (χ1n) is 9.03. The Morgan fingerprint density at radius 2 is 1.83 bits per heavy atom. The van der Waals surface area contributed by atoms with Crippen molar-refractivity contribution in [2.24, 2.45) is 0 Å². The molecule has 3 aromatic rings. The molecule has 6 nitrogen and oxygen atoms in total. The summed E-state index contributed by atoms with van der Waals surface area (Å²) in [5, 5.41) is 10.0. The summed E-state index contributed by atoms with van der Waals surface area (Å²) in [7, 11) is 3.07. The van der Waals surface area contributed by atoms with E-state index in [-0.39, 0.29) is 5.56 Å². The van der Waals surface area contributed by atoms with Crippen molar-refractivity contribution in [2.45, 2.75) is 19.8 Å². The predicted octanol–water partition coefficient (Wildman–Crippen LogP) is 4.58. The molecule has 0 spiro atoms. The van der Waals surface area contributed by atoms with Gasteiger partial charge in [0.2, 0.25) is 0 Å². The summed E-state index contributed by atoms with van der Waals surface area (Å²) in [6, 6.07) is 7.88. The quantitative estimate of drug-likeness (QED) is 0.608. The largest absolute Gasteiger partial charge is 0.497 e. The Morgan fingerprint density at radius 3 is 2.45 bits per heavy atom. The zero-order valence-corrected chi connectivity index (χ0v) is 16.3. The number of benzene rings is 2. The van der Waals surface area contributed by atoms with Gasteiger partial charge in [-0.15, -0.1) is 0 Å². The zero-order chi connectivity index (χ0) is 21.0. The van der Waals surface area contributed by atoms with Crippen LogP contribution in [0.1, 0.15) is 29.4 Å². The van der Waals surface area contributed by atoms with Crippen molar-refractivity contribution in [3.63, 3.8) is 0 Å². The number of rotatable bonds is 7. The molecule has 0 radical (unpaired) electrons. The third-order valence-corrected chi connectivity index (χ3v) is 4.37. The minimum Gasteiger partial charge on any atom is -0.497 e. The van der Waals surface area contributed by atoms with Crippen LogP contribution in [0.4, 0.5) is 14.5 Å². The summed E-state index contributed by atoms with van der Waals surface area (Å²) in [6.45, 7) is 1.99. The van der Waals surface area contributed by atoms with Crippen LogP contribution in [0, 0.1) is 11.6 Å². The lowest BCUT2D eigenvalue weighted by Gasteiger charge is -2.12. The molecule has 0 atom stereocenters. The Labute approximate surface area is 166 Å². The van der Waals surface area contributed by atoms with Gasteiger partial charge >= 0.3 is 0 Å². The van der Waals surface area contributed by atoms with Gasteiger partial charge in [-0.05, 0) is 36.8 Å². The number of nitrogens with zero attached hydrogens (tertiary/aromatic N) is 1. The van der Waals surface area contributed by atoms with E-state index in [0.29, 0.717) is 46.6 Å². The number of halogens is 2. The van der Waals surface area contributed by atoms with E-state index < -0.39 is 17.5 Å². The van der Waals surface area contributed by atoms with Gasteiger partial charge in [0.1, 0.15) is 28.8 Å². The predicted molar refractivity (Wildman–Crippen MR) is 105 cm³/mol. The van der Waals surface area contributed by atoms with Crippen LogP contribution in [0.25, 0.3) is 11.3 Å². The van der Waals surface area contributed by atoms with Crippen molar-refractivity contribution >= 4 is 11.6 Å². The summed E-state index contributed by atoms with van der Waals surface area (Å²) in [5.74, 6) is -1.18. The lowest BCUT2D eigenvalue weighted by atomic mass is 10.1. The summed E-state index contributed by atoms with van der Waals surface area (Å²) >= 11 is 0. The maximum atomic E-state index is 13.5. The van der Waals surface area contributed by atoms with E-state index in [9.17, 15) is 13.6 Å². The number of ether oxygens (including phenoxy) is 2. The molecule has 0 saturated heterocycles. The Hall–Kier alpha value is -3.42. The second kappa shape index (κ2) is 8.72. The lowest BCUT2D eigenvalue weighted by Crippen LogP contribution is -2.14. The highest BCUT2D eigenvalue weighted by molar-refractivity contribution is 6.06. The number of carbonyl (C=O) groups excluding carboxylic acids is 1. The molecule has 3 rings (SSSR count). The molecule has 0 fully saturated rings. The van der Waals surface area contributed by atoms with Crippen molar-refractivity contribution in [3.8, 4) is 22.8 Å². The van der Waals surface area contributed by atoms with E-state index in [2.05, 4.69) is 15.5 Å². The number of aromatic nitrogens is 2. The third-order valence-electron chi connectivity index (χ3n) is 4.37. The lowest BCUT2D eigenvalue weighted by molar-refractivity contribution is 0.102. The number of hydrogen-bond donors (Lipinski definition) is 2. The molecule has 1 heterocycles. The Morgan fingerprint density at radius 1 is 1.10 bits per heavy atom. The van der Waals surface area contributed by atoms with E-state index >= 15 is 0 Å². The molecule has 0 aliphatic heterocycles. The van der Waals surface area contributed by atoms with Crippen molar-refractivity contribution < 1.29 is 23.0 Å². The Bertz CT molecular complexity index is 1010. The minimum absolute atomic E-state index is 0.130. The van der Waals surface area contributed by atoms with E-state index in [1.165, 1.54) is 7.11 Å². The van der Waals surface area contributed by atoms with Crippen LogP contribution in [0.15, 0.2) is 36.4 Å². The molecule has 2 aromatic carbocycles. The second-order valence-electron chi connectivity index (χ2n) is 6.35. The summed E-state index contributed by atoms with van der Waals surface area (Å²) in [6.07, 6.45) is 1.42. The zero-order valence-electron chi connectivity index (χ0n) is 16.3. The van der Waals surface area contributed by atoms with Crippen LogP contribution in [0.5, 0.6) is 11.5 Å². The van der Waals surface area contributed by atoms with Crippen LogP contribution in [-0.2, 0) is 6.42 Å². The Balaban J connectivity index is 2.07. The first-order chi connectivity index (χ1) is 14.0. The molecule has 2 N–H and O–H groups in total. The summed E-state index contributed by atoms with van der Waals surface area (Å²) < 4.78 is 37.8. The van der Waals surface area contributed by atoms with Crippen molar-refractivity contribution in [2.75, 3.05) is 19.5 Å². The molecule has 0 bridgehead atoms. The average molecular weight is 401 g/mol. The Kier molecular flexibility index (Phi) is 6.11. The standard InChI is InChI=1S/C21H21F2N3O3/c1-4-5-17-20(24-21(27)12-8-13(22)10-14(23)9-12)19(26-25-17)16-11-15(28-2)6-7-18(16)29-3/h6-11H,4-5H2,1-3H3,(H,24,27)(H,25,26). The smallest absolute Gasteiger partial charge is 0.255 e. The van der Waals surface area contributed by atoms with Gasteiger partial charge in [0, 0.05) is 17.2 Å². The van der Waals surface area contributed by atoms with Gasteiger partial charge in [0.25, 0.3) is 5.91 Å². The first-order valence-corrected chi connectivity index (χ1v) is 9.03. The fourth-order valence-corrected chi connectivity index (χ4v) is 3.01. The van der Waals surface area contributed by atoms with E-state index in [0.717, 1.165) is 18.6 Å². The molecule has 152 valence electrons. The molecule has 0 aliphatic rings. The fraction of sp³-hybridized carbons (Fsp3) is 0.238. The average Bonchev–Trinajstić information content (AvgIpc) is 3.09. The number of H-pyrrole nitrogens is 1. The van der Waals surface area contributed by atoms with Gasteiger partial charge in [-0.1, -0.05) is 13.3 Å². The van der Waals surface area contributed by atoms with Crippen LogP contribution >= 0.6 is 0 Å². The fourth-order valence-electron chi connectivity index (χ4n) is 3.01. The number of nitrogens with one attached hydrogen (secondary N) is 2. The number of aryl methyl sites for hydroxylation is 1. The van der Waals surface area contributed by atoms with Gasteiger partial charge in [-0.3, -0.25) is 9.89 Å². The number of anilines is 1. The van der Waals surface area contributed by atoms with Crippen LogP contribution < -0.4 is 14.8 Å². The molecule has 29 heavy (non-hydrogen) atoms. The molecular formula is C21H21F2N3O3. The van der Waals surface area contributed by atoms with Gasteiger partial charge in [-0.25, -0.2) is 8.78 Å². The SMILES string of the molecule is CCCc1[nH]nc(-c2cc(OC)ccc2OC)c1NC(=O)c1cc(F)cc(F)c1. The van der Waals surface area contributed by atoms with Crippen molar-refractivity contribution in [1.82, 2.24) is 10.2 Å². The maximum absolute atomic E-state index is 13.5. The molecule has 0 saturated carbocycles. The van der Waals surface area contributed by atoms with Gasteiger partial charge < -0.3 is 14.8 Å². The summed E-state index contributed by atoms with van der Waals surface area (Å²) in [5.41, 5.74) is 2.03. The molecule has 0 aliphatic carbocycles. The number of aromatic amines is 1. The monoisotopic (exact) mass is 401 g/mol. The van der Waals surface area contributed by atoms with Gasteiger partial charge in [-0.2, -0.15) is 5.10 Å². The molecule has 0 unspecified atom stereocenters. The molecule has 1 amide bonds. The maximum Gasteiger partial charge on any atom is 0.255 e. The van der Waals surface area contributed by atoms with E-state index in [1.807, 2.05) is 6.92 Å². The van der Waals surface area contributed by atoms with Crippen LogP contribution in [0.2, 0.25) is 0 Å². The van der Waals surface area contributed by atoms with Crippen LogP contribution in [0.3, 0.4) is 0 Å². The highest BCUT2D eigenvalue weighted by atomic mass is 19.1. The number of carbonyl (C=O) groups is 1. The summed E-state index contributed by atoms with van der Waals surface area (Å²) in [4.78, 5) is 12.7. The molecule has 1 aromatic heterocycles. The number of methoxy groups -OCH3 is 2. The first kappa shape index (κ1) is 20.3. The van der Waals surface area contributed by atoms with Crippen molar-refractivity contribution in [3.05, 3.63) is 59.3 Å². The topological polar surface area (TPSA) is 76.2 Å². The highest BCUT2D eigenvalue weighted by Crippen LogP contribution is 2.38. The van der Waals surface area contributed by atoms with E-state index in [1.54, 1.807) is 25.3 Å². The number of amides is 1. The normalized spacial score (nSPS) is 10.7. The third kappa shape index (κ3) is 4.37. The minimum atomic E-state index is -0.828. The molecule has 8 heteroatoms. The van der Waals surface area contributed by atoms with Crippen molar-refractivity contribution in [1.29, 1.82) is 0 Å². The van der Waals surface area contributed by atoms with E-state index in [4.69, 9.17) is 9.47 Å².